The van der Waals surface area contributed by atoms with E-state index in [4.69, 9.17) is 4.74 Å². The second-order valence-electron chi connectivity index (χ2n) is 5.57. The van der Waals surface area contributed by atoms with Crippen LogP contribution in [0.4, 0.5) is 10.1 Å². The Labute approximate surface area is 130 Å². The number of anilines is 1. The average Bonchev–Trinajstić information content (AvgIpc) is 2.57. The second kappa shape index (κ2) is 6.79. The van der Waals surface area contributed by atoms with Crippen LogP contribution in [0.3, 0.4) is 0 Å². The van der Waals surface area contributed by atoms with Crippen LogP contribution in [0.1, 0.15) is 5.56 Å². The molecule has 0 unspecified atom stereocenters. The first-order chi connectivity index (χ1) is 10.8. The zero-order chi connectivity index (χ0) is 15.4. The molecule has 0 spiro atoms. The van der Waals surface area contributed by atoms with Gasteiger partial charge >= 0.3 is 0 Å². The molecule has 0 saturated carbocycles. The molecule has 0 amide bonds. The summed E-state index contributed by atoms with van der Waals surface area (Å²) in [6, 6.07) is 15.7. The van der Waals surface area contributed by atoms with Gasteiger partial charge in [-0.2, -0.15) is 0 Å². The molecule has 0 aromatic heterocycles. The molecule has 3 rings (SSSR count). The van der Waals surface area contributed by atoms with Crippen molar-refractivity contribution in [2.24, 2.45) is 0 Å². The van der Waals surface area contributed by atoms with Crippen molar-refractivity contribution in [3.8, 4) is 5.75 Å². The van der Waals surface area contributed by atoms with E-state index in [1.165, 1.54) is 12.8 Å². The molecule has 3 nitrogen and oxygen atoms in total. The standard InChI is InChI=1S/C18H21FN2O/c1-22-18-8-7-15(13-17(18)19)14-20-9-11-21(12-10-20)16-5-3-2-4-6-16/h2-8,13H,9-12,14H2,1H3. The minimum atomic E-state index is -0.289. The largest absolute Gasteiger partial charge is 0.494 e. The molecular weight excluding hydrogens is 279 g/mol. The van der Waals surface area contributed by atoms with Crippen molar-refractivity contribution in [3.63, 3.8) is 0 Å². The van der Waals surface area contributed by atoms with E-state index in [2.05, 4.69) is 34.1 Å². The number of ether oxygens (including phenoxy) is 1. The molecule has 4 heteroatoms. The third kappa shape index (κ3) is 3.39. The summed E-state index contributed by atoms with van der Waals surface area (Å²) in [6.07, 6.45) is 0. The fraction of sp³-hybridized carbons (Fsp3) is 0.333. The first kappa shape index (κ1) is 14.9. The van der Waals surface area contributed by atoms with E-state index in [1.807, 2.05) is 12.1 Å². The number of hydrogen-bond donors (Lipinski definition) is 0. The topological polar surface area (TPSA) is 15.7 Å². The number of rotatable bonds is 4. The van der Waals surface area contributed by atoms with Crippen LogP contribution >= 0.6 is 0 Å². The van der Waals surface area contributed by atoms with Gasteiger partial charge in [0.25, 0.3) is 0 Å². The van der Waals surface area contributed by atoms with Crippen molar-refractivity contribution < 1.29 is 9.13 Å². The lowest BCUT2D eigenvalue weighted by Crippen LogP contribution is -2.45. The second-order valence-corrected chi connectivity index (χ2v) is 5.57. The lowest BCUT2D eigenvalue weighted by atomic mass is 10.1. The van der Waals surface area contributed by atoms with Gasteiger partial charge < -0.3 is 9.64 Å². The van der Waals surface area contributed by atoms with E-state index >= 15 is 0 Å². The zero-order valence-corrected chi connectivity index (χ0v) is 12.8. The van der Waals surface area contributed by atoms with Gasteiger partial charge in [-0.1, -0.05) is 24.3 Å². The van der Waals surface area contributed by atoms with Crippen molar-refractivity contribution in [3.05, 3.63) is 59.9 Å². The summed E-state index contributed by atoms with van der Waals surface area (Å²) in [5, 5.41) is 0. The van der Waals surface area contributed by atoms with E-state index in [1.54, 1.807) is 12.1 Å². The van der Waals surface area contributed by atoms with E-state index in [0.29, 0.717) is 5.75 Å². The minimum absolute atomic E-state index is 0.289. The molecular formula is C18H21FN2O. The average molecular weight is 300 g/mol. The molecule has 0 atom stereocenters. The van der Waals surface area contributed by atoms with Crippen LogP contribution in [0.15, 0.2) is 48.5 Å². The highest BCUT2D eigenvalue weighted by molar-refractivity contribution is 5.46. The lowest BCUT2D eigenvalue weighted by molar-refractivity contribution is 0.249. The molecule has 22 heavy (non-hydrogen) atoms. The highest BCUT2D eigenvalue weighted by atomic mass is 19.1. The molecule has 2 aromatic rings. The summed E-state index contributed by atoms with van der Waals surface area (Å²) in [5.41, 5.74) is 2.27. The molecule has 1 aliphatic rings. The van der Waals surface area contributed by atoms with Crippen LogP contribution in [0.5, 0.6) is 5.75 Å². The number of halogens is 1. The number of nitrogens with zero attached hydrogens (tertiary/aromatic N) is 2. The Morgan fingerprint density at radius 1 is 1.00 bits per heavy atom. The Morgan fingerprint density at radius 2 is 1.73 bits per heavy atom. The summed E-state index contributed by atoms with van der Waals surface area (Å²) in [7, 11) is 1.49. The minimum Gasteiger partial charge on any atom is -0.494 e. The summed E-state index contributed by atoms with van der Waals surface area (Å²) in [4.78, 5) is 4.76. The SMILES string of the molecule is COc1ccc(CN2CCN(c3ccccc3)CC2)cc1F. The maximum absolute atomic E-state index is 13.7. The normalized spacial score (nSPS) is 15.8. The highest BCUT2D eigenvalue weighted by Gasteiger charge is 2.17. The molecule has 116 valence electrons. The maximum atomic E-state index is 13.7. The maximum Gasteiger partial charge on any atom is 0.165 e. The van der Waals surface area contributed by atoms with Gasteiger partial charge in [-0.05, 0) is 29.8 Å². The van der Waals surface area contributed by atoms with Gasteiger partial charge in [0.1, 0.15) is 0 Å². The third-order valence-corrected chi connectivity index (χ3v) is 4.12. The zero-order valence-electron chi connectivity index (χ0n) is 12.8. The van der Waals surface area contributed by atoms with Crippen molar-refractivity contribution >= 4 is 5.69 Å². The van der Waals surface area contributed by atoms with Crippen molar-refractivity contribution in [2.75, 3.05) is 38.2 Å². The highest BCUT2D eigenvalue weighted by Crippen LogP contribution is 2.20. The lowest BCUT2D eigenvalue weighted by Gasteiger charge is -2.36. The number of benzene rings is 2. The molecule has 0 N–H and O–H groups in total. The fourth-order valence-electron chi connectivity index (χ4n) is 2.87. The molecule has 1 saturated heterocycles. The molecule has 0 aliphatic carbocycles. The van der Waals surface area contributed by atoms with Crippen LogP contribution < -0.4 is 9.64 Å². The van der Waals surface area contributed by atoms with Crippen molar-refractivity contribution in [1.82, 2.24) is 4.90 Å². The predicted molar refractivity (Wildman–Crippen MR) is 86.9 cm³/mol. The molecule has 1 heterocycles. The quantitative estimate of drug-likeness (QED) is 0.862. The van der Waals surface area contributed by atoms with Gasteiger partial charge in [0, 0.05) is 38.4 Å². The number of piperazine rings is 1. The Balaban J connectivity index is 1.57. The van der Waals surface area contributed by atoms with Crippen LogP contribution in [-0.2, 0) is 6.54 Å². The van der Waals surface area contributed by atoms with Gasteiger partial charge in [-0.25, -0.2) is 4.39 Å². The first-order valence-electron chi connectivity index (χ1n) is 7.61. The Morgan fingerprint density at radius 3 is 2.36 bits per heavy atom. The molecule has 1 aliphatic heterocycles. The number of para-hydroxylation sites is 1. The van der Waals surface area contributed by atoms with Gasteiger partial charge in [0.15, 0.2) is 11.6 Å². The molecule has 2 aromatic carbocycles. The predicted octanol–water partition coefficient (Wildman–Crippen LogP) is 3.16. The van der Waals surface area contributed by atoms with E-state index in [9.17, 15) is 4.39 Å². The molecule has 0 bridgehead atoms. The Bertz CT molecular complexity index is 610. The summed E-state index contributed by atoms with van der Waals surface area (Å²) in [6.45, 7) is 4.76. The van der Waals surface area contributed by atoms with Crippen molar-refractivity contribution in [1.29, 1.82) is 0 Å². The molecule has 0 radical (unpaired) electrons. The smallest absolute Gasteiger partial charge is 0.165 e. The summed E-state index contributed by atoms with van der Waals surface area (Å²) < 4.78 is 18.7. The molecule has 1 fully saturated rings. The van der Waals surface area contributed by atoms with Gasteiger partial charge in [-0.3, -0.25) is 4.90 Å². The summed E-state index contributed by atoms with van der Waals surface area (Å²) in [5.74, 6) is 0.0144. The Hall–Kier alpha value is -2.07. The van der Waals surface area contributed by atoms with Crippen LogP contribution in [-0.4, -0.2) is 38.2 Å². The van der Waals surface area contributed by atoms with E-state index < -0.39 is 0 Å². The fourth-order valence-corrected chi connectivity index (χ4v) is 2.87. The van der Waals surface area contributed by atoms with Crippen LogP contribution in [0.25, 0.3) is 0 Å². The van der Waals surface area contributed by atoms with Crippen LogP contribution in [0, 0.1) is 5.82 Å². The van der Waals surface area contributed by atoms with Crippen molar-refractivity contribution in [2.45, 2.75) is 6.54 Å². The Kier molecular flexibility index (Phi) is 4.59. The number of hydrogen-bond acceptors (Lipinski definition) is 3. The third-order valence-electron chi connectivity index (χ3n) is 4.12. The number of methoxy groups -OCH3 is 1. The summed E-state index contributed by atoms with van der Waals surface area (Å²) >= 11 is 0. The van der Waals surface area contributed by atoms with Gasteiger partial charge in [0.2, 0.25) is 0 Å². The van der Waals surface area contributed by atoms with Crippen LogP contribution in [0.2, 0.25) is 0 Å². The first-order valence-corrected chi connectivity index (χ1v) is 7.61. The van der Waals surface area contributed by atoms with E-state index in [0.717, 1.165) is 38.3 Å². The van der Waals surface area contributed by atoms with Gasteiger partial charge in [0.05, 0.1) is 7.11 Å². The van der Waals surface area contributed by atoms with Gasteiger partial charge in [-0.15, -0.1) is 0 Å². The van der Waals surface area contributed by atoms with E-state index in [-0.39, 0.29) is 5.82 Å². The monoisotopic (exact) mass is 300 g/mol.